The van der Waals surface area contributed by atoms with E-state index in [-0.39, 0.29) is 24.0 Å². The lowest BCUT2D eigenvalue weighted by atomic mass is 24.1. The lowest BCUT2D eigenvalue weighted by Gasteiger charge is -1.33. The molecule has 0 aliphatic rings. The summed E-state index contributed by atoms with van der Waals surface area (Å²) >= 11 is -0.639. The van der Waals surface area contributed by atoms with Crippen LogP contribution in [0.15, 0.2) is 0 Å². The Hall–Kier alpha value is 2.08. The van der Waals surface area contributed by atoms with Gasteiger partial charge in [0.15, 0.2) is 0 Å². The normalized spacial score (nSPS) is 2.50. The molecule has 0 N–H and O–H groups in total. The molecule has 0 saturated heterocycles. The molecule has 0 heterocycles. The third kappa shape index (κ3) is 8.95. The van der Waals surface area contributed by atoms with E-state index in [9.17, 15) is 0 Å². The fraction of sp³-hybridized carbons (Fsp3) is 0. The van der Waals surface area contributed by atoms with Crippen LogP contribution >= 0.6 is 42.1 Å². The first-order chi connectivity index (χ1) is 1.41. The zero-order valence-electron chi connectivity index (χ0n) is 1.87. The molecule has 0 saturated carbocycles. The van der Waals surface area contributed by atoms with Crippen molar-refractivity contribution >= 4 is 60.3 Å². The molecule has 0 radical (unpaired) electrons. The molecule has 0 aliphatic carbocycles. The standard InChI is InChI=1S/2ClH.HI.Mg/h3*1H;/q;;;+2/p-2. The Morgan fingerprint density at radius 1 is 1.25 bits per heavy atom. The van der Waals surface area contributed by atoms with E-state index >= 15 is 0 Å². The van der Waals surface area contributed by atoms with E-state index in [4.69, 9.17) is 18.1 Å². The maximum Gasteiger partial charge on any atom is 0.618 e. The van der Waals surface area contributed by atoms with Crippen molar-refractivity contribution in [3.63, 3.8) is 0 Å². The highest BCUT2D eigenvalue weighted by atomic mass is 127. The van der Waals surface area contributed by atoms with Crippen LogP contribution in [-0.4, -0.2) is 18.2 Å². The van der Waals surface area contributed by atoms with E-state index in [1.165, 1.54) is 0 Å². The zero-order valence-corrected chi connectivity index (χ0v) is 7.13. The summed E-state index contributed by atoms with van der Waals surface area (Å²) in [5.41, 5.74) is 0. The van der Waals surface area contributed by atoms with Gasteiger partial charge < -0.3 is 18.1 Å². The van der Waals surface area contributed by atoms with E-state index < -0.39 is 18.2 Å². The molecule has 0 rings (SSSR count). The van der Waals surface area contributed by atoms with Crippen molar-refractivity contribution in [2.45, 2.75) is 0 Å². The van der Waals surface area contributed by atoms with Crippen LogP contribution in [0.2, 0.25) is 0 Å². The fourth-order valence-electron chi connectivity index (χ4n) is 0. The van der Waals surface area contributed by atoms with Crippen molar-refractivity contribution < 1.29 is 0 Å². The Bertz CT molecular complexity index is 6.00. The molecule has 0 aliphatic heterocycles. The van der Waals surface area contributed by atoms with E-state index in [1.807, 2.05) is 0 Å². The topological polar surface area (TPSA) is 0 Å². The molecule has 0 atom stereocenters. The average molecular weight is 223 g/mol. The second-order valence-corrected chi connectivity index (χ2v) is 2.73. The zero-order chi connectivity index (χ0) is 2.71. The Morgan fingerprint density at radius 2 is 1.25 bits per heavy atom. The summed E-state index contributed by atoms with van der Waals surface area (Å²) in [7, 11) is 9.81. The van der Waals surface area contributed by atoms with Crippen molar-refractivity contribution in [3.05, 3.63) is 0 Å². The molecule has 0 amide bonds. The molecule has 0 aromatic carbocycles. The molecule has 0 aromatic rings. The van der Waals surface area contributed by atoms with Gasteiger partial charge in [0, 0.05) is 0 Å². The molecule has 4 heavy (non-hydrogen) atoms. The Morgan fingerprint density at radius 3 is 1.25 bits per heavy atom. The lowest BCUT2D eigenvalue weighted by molar-refractivity contribution is 4.39. The number of rotatable bonds is 0. The molecule has 4 heteroatoms. The predicted octanol–water partition coefficient (Wildman–Crippen LogP) is 1.62. The first kappa shape index (κ1) is 9.42. The molecule has 0 nitrogen and oxygen atoms in total. The first-order valence-corrected chi connectivity index (χ1v) is 4.81. The van der Waals surface area contributed by atoms with Gasteiger partial charge in [0.05, 0.1) is 0 Å². The van der Waals surface area contributed by atoms with Crippen molar-refractivity contribution in [2.24, 2.45) is 0 Å². The van der Waals surface area contributed by atoms with Crippen LogP contribution in [0.1, 0.15) is 0 Å². The summed E-state index contributed by atoms with van der Waals surface area (Å²) in [5, 5.41) is 0. The molecule has 0 fully saturated rings. The van der Waals surface area contributed by atoms with Gasteiger partial charge in [-0.15, -0.1) is 24.0 Å². The van der Waals surface area contributed by atoms with Crippen LogP contribution in [0, 0.1) is 0 Å². The summed E-state index contributed by atoms with van der Waals surface area (Å²) in [4.78, 5) is 0. The Labute approximate surface area is 59.5 Å². The van der Waals surface area contributed by atoms with Gasteiger partial charge in [-0.25, -0.2) is 0 Å². The van der Waals surface area contributed by atoms with Crippen LogP contribution in [-0.2, 0) is 0 Å². The second-order valence-electron chi connectivity index (χ2n) is 0.101. The highest BCUT2D eigenvalue weighted by Crippen LogP contribution is 1.67. The third-order valence-corrected chi connectivity index (χ3v) is 0. The number of hydrogen-bond donors (Lipinski definition) is 0. The molecular weight excluding hydrogens is 222 g/mol. The van der Waals surface area contributed by atoms with E-state index in [1.54, 1.807) is 0 Å². The summed E-state index contributed by atoms with van der Waals surface area (Å²) in [6.45, 7) is 0. The largest absolute Gasteiger partial charge is 0.618 e. The molecule has 0 bridgehead atoms. The molecular formula is HCl2IMg. The van der Waals surface area contributed by atoms with Crippen LogP contribution in [0.25, 0.3) is 0 Å². The minimum Gasteiger partial charge on any atom is -0.309 e. The van der Waals surface area contributed by atoms with Gasteiger partial charge in [-0.2, -0.15) is 0 Å². The number of halogens is 3. The predicted molar refractivity (Wildman–Crippen MR) is 32.9 cm³/mol. The fourth-order valence-corrected chi connectivity index (χ4v) is 0. The highest BCUT2D eigenvalue weighted by molar-refractivity contribution is 14.0. The van der Waals surface area contributed by atoms with E-state index in [0.29, 0.717) is 0 Å². The van der Waals surface area contributed by atoms with Gasteiger partial charge in [0.25, 0.3) is 0 Å². The van der Waals surface area contributed by atoms with Crippen LogP contribution in [0.3, 0.4) is 0 Å². The molecule has 24 valence electrons. The Kier molecular flexibility index (Phi) is 21.0. The summed E-state index contributed by atoms with van der Waals surface area (Å²) in [5.74, 6) is 0. The van der Waals surface area contributed by atoms with Gasteiger partial charge in [-0.05, 0) is 0 Å². The second kappa shape index (κ2) is 8.91. The first-order valence-electron chi connectivity index (χ1n) is 0.535. The monoisotopic (exact) mass is 222 g/mol. The summed E-state index contributed by atoms with van der Waals surface area (Å²) in [6.07, 6.45) is 0. The average Bonchev–Trinajstić information content (AvgIpc) is 0.918. The van der Waals surface area contributed by atoms with Gasteiger partial charge >= 0.3 is 18.2 Å². The van der Waals surface area contributed by atoms with Gasteiger partial charge in [0.1, 0.15) is 0 Å². The van der Waals surface area contributed by atoms with Gasteiger partial charge in [-0.3, -0.25) is 0 Å². The third-order valence-electron chi connectivity index (χ3n) is 0. The van der Waals surface area contributed by atoms with Gasteiger partial charge in [-0.1, -0.05) is 0 Å². The smallest absolute Gasteiger partial charge is 0.309 e. The van der Waals surface area contributed by atoms with E-state index in [2.05, 4.69) is 0 Å². The van der Waals surface area contributed by atoms with Crippen molar-refractivity contribution in [1.82, 2.24) is 0 Å². The lowest BCUT2D eigenvalue weighted by Crippen LogP contribution is -1.36. The summed E-state index contributed by atoms with van der Waals surface area (Å²) in [6, 6.07) is 0. The SMILES string of the molecule is I.[Cl][Mg][Cl]. The molecule has 0 unspecified atom stereocenters. The minimum atomic E-state index is -0.639. The quantitative estimate of drug-likeness (QED) is 0.432. The van der Waals surface area contributed by atoms with Crippen molar-refractivity contribution in [1.29, 1.82) is 0 Å². The van der Waals surface area contributed by atoms with Crippen LogP contribution < -0.4 is 0 Å². The van der Waals surface area contributed by atoms with Crippen molar-refractivity contribution in [3.8, 4) is 0 Å². The minimum absolute atomic E-state index is 0. The number of hydrogen-bond acceptors (Lipinski definition) is 0. The molecule has 0 spiro atoms. The van der Waals surface area contributed by atoms with Gasteiger partial charge in [0.2, 0.25) is 0 Å². The maximum atomic E-state index is 4.90. The summed E-state index contributed by atoms with van der Waals surface area (Å²) < 4.78 is 0. The molecule has 0 aromatic heterocycles. The van der Waals surface area contributed by atoms with E-state index in [0.717, 1.165) is 0 Å². The highest BCUT2D eigenvalue weighted by Gasteiger charge is 1.64. The van der Waals surface area contributed by atoms with Crippen LogP contribution in [0.5, 0.6) is 0 Å². The Balaban J connectivity index is 0. The van der Waals surface area contributed by atoms with Crippen molar-refractivity contribution in [2.75, 3.05) is 0 Å². The van der Waals surface area contributed by atoms with Crippen LogP contribution in [0.4, 0.5) is 0 Å². The maximum absolute atomic E-state index is 4.90.